The number of carbonyl (C=O) groups is 1. The van der Waals surface area contributed by atoms with E-state index in [2.05, 4.69) is 28.8 Å². The summed E-state index contributed by atoms with van der Waals surface area (Å²) in [6, 6.07) is 15.9. The second-order valence-electron chi connectivity index (χ2n) is 5.73. The van der Waals surface area contributed by atoms with Crippen LogP contribution in [0.2, 0.25) is 0 Å². The molecular weight excluding hydrogens is 338 g/mol. The largest absolute Gasteiger partial charge is 0.434 e. The van der Waals surface area contributed by atoms with Gasteiger partial charge >= 0.3 is 6.61 Å². The number of likely N-dealkylation sites (N-methyl/N-ethyl adjacent to an activating group) is 1. The predicted octanol–water partition coefficient (Wildman–Crippen LogP) is 4.10. The summed E-state index contributed by atoms with van der Waals surface area (Å²) >= 11 is 0. The minimum absolute atomic E-state index is 0.00155. The van der Waals surface area contributed by atoms with E-state index in [1.807, 2.05) is 30.3 Å². The summed E-state index contributed by atoms with van der Waals surface area (Å²) in [6.45, 7) is 3.18. The monoisotopic (exact) mass is 362 g/mol. The molecule has 0 radical (unpaired) electrons. The highest BCUT2D eigenvalue weighted by molar-refractivity contribution is 5.96. The first-order valence-electron chi connectivity index (χ1n) is 8.67. The van der Waals surface area contributed by atoms with E-state index >= 15 is 0 Å². The Morgan fingerprint density at radius 3 is 2.27 bits per heavy atom. The number of ether oxygens (including phenoxy) is 1. The number of hydrogen-bond donors (Lipinski definition) is 1. The van der Waals surface area contributed by atoms with Crippen molar-refractivity contribution in [2.24, 2.45) is 0 Å². The molecule has 1 atom stereocenters. The predicted molar refractivity (Wildman–Crippen MR) is 97.5 cm³/mol. The molecule has 4 nitrogen and oxygen atoms in total. The van der Waals surface area contributed by atoms with Crippen molar-refractivity contribution in [3.63, 3.8) is 0 Å². The maximum Gasteiger partial charge on any atom is 0.387 e. The minimum Gasteiger partial charge on any atom is -0.434 e. The number of nitrogens with one attached hydrogen (secondary N) is 1. The van der Waals surface area contributed by atoms with Crippen LogP contribution in [0.3, 0.4) is 0 Å². The van der Waals surface area contributed by atoms with Crippen molar-refractivity contribution in [1.82, 2.24) is 10.2 Å². The van der Waals surface area contributed by atoms with Crippen molar-refractivity contribution in [1.29, 1.82) is 0 Å². The van der Waals surface area contributed by atoms with Gasteiger partial charge in [0, 0.05) is 6.54 Å². The number of hydrogen-bond acceptors (Lipinski definition) is 3. The van der Waals surface area contributed by atoms with Gasteiger partial charge in [-0.25, -0.2) is 0 Å². The molecule has 2 rings (SSSR count). The van der Waals surface area contributed by atoms with E-state index in [9.17, 15) is 13.6 Å². The van der Waals surface area contributed by atoms with Crippen molar-refractivity contribution in [2.45, 2.75) is 26.5 Å². The van der Waals surface area contributed by atoms with Crippen LogP contribution in [0.15, 0.2) is 54.6 Å². The lowest BCUT2D eigenvalue weighted by atomic mass is 10.0. The molecular formula is C20H24F2N2O2. The van der Waals surface area contributed by atoms with Crippen LogP contribution < -0.4 is 10.1 Å². The van der Waals surface area contributed by atoms with Crippen LogP contribution >= 0.6 is 0 Å². The van der Waals surface area contributed by atoms with Crippen LogP contribution in [0.4, 0.5) is 8.78 Å². The maximum atomic E-state index is 12.5. The van der Waals surface area contributed by atoms with Gasteiger partial charge in [-0.3, -0.25) is 9.69 Å². The SMILES string of the molecule is CCN(CC)[C@@H](CNC(=O)c1ccccc1OC(F)F)c1ccccc1. The van der Waals surface area contributed by atoms with Gasteiger partial charge in [-0.1, -0.05) is 56.3 Å². The molecule has 1 N–H and O–H groups in total. The lowest BCUT2D eigenvalue weighted by Gasteiger charge is -2.30. The summed E-state index contributed by atoms with van der Waals surface area (Å²) in [7, 11) is 0. The fourth-order valence-corrected chi connectivity index (χ4v) is 2.93. The number of nitrogens with zero attached hydrogens (tertiary/aromatic N) is 1. The van der Waals surface area contributed by atoms with E-state index in [1.165, 1.54) is 12.1 Å². The first kappa shape index (κ1) is 19.8. The third-order valence-corrected chi connectivity index (χ3v) is 4.24. The number of alkyl halides is 2. The molecule has 2 aromatic carbocycles. The summed E-state index contributed by atoms with van der Waals surface area (Å²) in [6.07, 6.45) is 0. The molecule has 26 heavy (non-hydrogen) atoms. The Kier molecular flexibility index (Phi) is 7.53. The van der Waals surface area contributed by atoms with Gasteiger partial charge in [-0.2, -0.15) is 8.78 Å². The van der Waals surface area contributed by atoms with E-state index in [-0.39, 0.29) is 17.4 Å². The van der Waals surface area contributed by atoms with Gasteiger partial charge in [0.2, 0.25) is 0 Å². The third-order valence-electron chi connectivity index (χ3n) is 4.24. The summed E-state index contributed by atoms with van der Waals surface area (Å²) in [5, 5.41) is 2.85. The number of rotatable bonds is 9. The Morgan fingerprint density at radius 1 is 1.04 bits per heavy atom. The van der Waals surface area contributed by atoms with Gasteiger partial charge in [-0.15, -0.1) is 0 Å². The lowest BCUT2D eigenvalue weighted by molar-refractivity contribution is -0.0501. The molecule has 0 saturated heterocycles. The summed E-state index contributed by atoms with van der Waals surface area (Å²) < 4.78 is 29.5. The molecule has 0 aromatic heterocycles. The average Bonchev–Trinajstić information content (AvgIpc) is 2.65. The second-order valence-corrected chi connectivity index (χ2v) is 5.73. The Balaban J connectivity index is 2.15. The van der Waals surface area contributed by atoms with Crippen molar-refractivity contribution in [3.8, 4) is 5.75 Å². The Hall–Kier alpha value is -2.47. The molecule has 2 aromatic rings. The van der Waals surface area contributed by atoms with Crippen LogP contribution in [0.5, 0.6) is 5.75 Å². The molecule has 0 saturated carbocycles. The number of amides is 1. The zero-order valence-corrected chi connectivity index (χ0v) is 15.0. The van der Waals surface area contributed by atoms with Crippen molar-refractivity contribution >= 4 is 5.91 Å². The normalized spacial score (nSPS) is 12.2. The van der Waals surface area contributed by atoms with Crippen LogP contribution in [0.1, 0.15) is 35.8 Å². The average molecular weight is 362 g/mol. The topological polar surface area (TPSA) is 41.6 Å². The molecule has 0 fully saturated rings. The molecule has 0 aliphatic rings. The van der Waals surface area contributed by atoms with Crippen molar-refractivity contribution < 1.29 is 18.3 Å². The van der Waals surface area contributed by atoms with Gasteiger partial charge in [0.25, 0.3) is 5.91 Å². The highest BCUT2D eigenvalue weighted by Crippen LogP contribution is 2.22. The van der Waals surface area contributed by atoms with E-state index < -0.39 is 12.5 Å². The number of carbonyl (C=O) groups excluding carboxylic acids is 1. The van der Waals surface area contributed by atoms with E-state index in [4.69, 9.17) is 0 Å². The number of para-hydroxylation sites is 1. The van der Waals surface area contributed by atoms with Crippen LogP contribution in [0, 0.1) is 0 Å². The standard InChI is InChI=1S/C20H24F2N2O2/c1-3-24(4-2)17(15-10-6-5-7-11-15)14-23-19(25)16-12-8-9-13-18(16)26-20(21)22/h5-13,17,20H,3-4,14H2,1-2H3,(H,23,25)/t17-/m0/s1. The van der Waals surface area contributed by atoms with Crippen LogP contribution in [0.25, 0.3) is 0 Å². The quantitative estimate of drug-likeness (QED) is 0.730. The summed E-state index contributed by atoms with van der Waals surface area (Å²) in [4.78, 5) is 14.8. The maximum absolute atomic E-state index is 12.5. The fourth-order valence-electron chi connectivity index (χ4n) is 2.93. The molecule has 0 unspecified atom stereocenters. The first-order chi connectivity index (χ1) is 12.6. The van der Waals surface area contributed by atoms with Gasteiger partial charge < -0.3 is 10.1 Å². The molecule has 0 heterocycles. The van der Waals surface area contributed by atoms with Gasteiger partial charge in [0.05, 0.1) is 11.6 Å². The molecule has 0 aliphatic heterocycles. The molecule has 6 heteroatoms. The molecule has 0 aliphatic carbocycles. The van der Waals surface area contributed by atoms with E-state index in [0.29, 0.717) is 6.54 Å². The zero-order valence-electron chi connectivity index (χ0n) is 15.0. The number of benzene rings is 2. The summed E-state index contributed by atoms with van der Waals surface area (Å²) in [5.41, 5.74) is 1.19. The molecule has 0 spiro atoms. The third kappa shape index (κ3) is 5.26. The zero-order chi connectivity index (χ0) is 18.9. The summed E-state index contributed by atoms with van der Waals surface area (Å²) in [5.74, 6) is -0.562. The molecule has 0 bridgehead atoms. The van der Waals surface area contributed by atoms with Crippen molar-refractivity contribution in [3.05, 3.63) is 65.7 Å². The van der Waals surface area contributed by atoms with Gasteiger partial charge in [0.1, 0.15) is 5.75 Å². The molecule has 140 valence electrons. The molecule has 1 amide bonds. The Morgan fingerprint density at radius 2 is 1.65 bits per heavy atom. The van der Waals surface area contributed by atoms with E-state index in [1.54, 1.807) is 12.1 Å². The Bertz CT molecular complexity index is 691. The van der Waals surface area contributed by atoms with E-state index in [0.717, 1.165) is 18.7 Å². The van der Waals surface area contributed by atoms with Crippen LogP contribution in [-0.4, -0.2) is 37.1 Å². The second kappa shape index (κ2) is 9.87. The van der Waals surface area contributed by atoms with Crippen molar-refractivity contribution in [2.75, 3.05) is 19.6 Å². The Labute approximate surface area is 152 Å². The first-order valence-corrected chi connectivity index (χ1v) is 8.67. The van der Waals surface area contributed by atoms with Crippen LogP contribution in [-0.2, 0) is 0 Å². The highest BCUT2D eigenvalue weighted by atomic mass is 19.3. The van der Waals surface area contributed by atoms with Gasteiger partial charge in [0.15, 0.2) is 0 Å². The smallest absolute Gasteiger partial charge is 0.387 e. The fraction of sp³-hybridized carbons (Fsp3) is 0.350. The van der Waals surface area contributed by atoms with Gasteiger partial charge in [-0.05, 0) is 30.8 Å². The number of halogens is 2. The highest BCUT2D eigenvalue weighted by Gasteiger charge is 2.20. The minimum atomic E-state index is -2.98. The lowest BCUT2D eigenvalue weighted by Crippen LogP contribution is -2.38.